The van der Waals surface area contributed by atoms with Crippen LogP contribution in [0, 0.1) is 6.92 Å². The number of nitrogens with zero attached hydrogens (tertiary/aromatic N) is 2. The van der Waals surface area contributed by atoms with E-state index >= 15 is 0 Å². The molecule has 0 saturated heterocycles. The Morgan fingerprint density at radius 2 is 2.21 bits per heavy atom. The lowest BCUT2D eigenvalue weighted by atomic mass is 10.2. The Labute approximate surface area is 109 Å². The van der Waals surface area contributed by atoms with E-state index in [0.29, 0.717) is 5.56 Å². The molecule has 2 heterocycles. The minimum atomic E-state index is -0.177. The van der Waals surface area contributed by atoms with Crippen LogP contribution in [0.5, 0.6) is 0 Å². The van der Waals surface area contributed by atoms with Crippen molar-refractivity contribution in [3.8, 4) is 0 Å². The highest BCUT2D eigenvalue weighted by Crippen LogP contribution is 2.17. The Bertz CT molecular complexity index is 734. The van der Waals surface area contributed by atoms with E-state index in [2.05, 4.69) is 20.3 Å². The predicted molar refractivity (Wildman–Crippen MR) is 73.0 cm³/mol. The van der Waals surface area contributed by atoms with Crippen LogP contribution in [0.1, 0.15) is 16.2 Å². The summed E-state index contributed by atoms with van der Waals surface area (Å²) in [5.41, 5.74) is 3.05. The lowest BCUT2D eigenvalue weighted by Crippen LogP contribution is -2.11. The van der Waals surface area contributed by atoms with Crippen LogP contribution in [0.4, 0.5) is 5.69 Å². The second kappa shape index (κ2) is 4.53. The molecule has 0 aliphatic carbocycles. The molecule has 3 aromatic rings. The molecular weight excluding hydrogens is 240 g/mol. The molecule has 3 rings (SSSR count). The molecule has 1 aromatic carbocycles. The van der Waals surface area contributed by atoms with Crippen LogP contribution in [0.15, 0.2) is 42.7 Å². The fraction of sp³-hybridized carbons (Fsp3) is 0.0714. The number of anilines is 1. The number of hydrogen-bond donors (Lipinski definition) is 2. The van der Waals surface area contributed by atoms with Gasteiger partial charge in [-0.05, 0) is 37.3 Å². The van der Waals surface area contributed by atoms with Gasteiger partial charge in [-0.2, -0.15) is 0 Å². The molecule has 0 fully saturated rings. The maximum absolute atomic E-state index is 12.0. The van der Waals surface area contributed by atoms with Gasteiger partial charge in [0.1, 0.15) is 5.82 Å². The van der Waals surface area contributed by atoms with Gasteiger partial charge in [0.2, 0.25) is 0 Å². The van der Waals surface area contributed by atoms with E-state index in [1.807, 2.05) is 25.1 Å². The summed E-state index contributed by atoms with van der Waals surface area (Å²) >= 11 is 0. The number of aryl methyl sites for hydroxylation is 1. The van der Waals surface area contributed by atoms with Gasteiger partial charge in [0.25, 0.3) is 5.91 Å². The molecule has 1 amide bonds. The van der Waals surface area contributed by atoms with E-state index in [1.165, 1.54) is 6.20 Å². The average molecular weight is 252 g/mol. The van der Waals surface area contributed by atoms with Gasteiger partial charge in [0.15, 0.2) is 0 Å². The number of aromatic amines is 1. The van der Waals surface area contributed by atoms with Gasteiger partial charge in [0, 0.05) is 18.1 Å². The van der Waals surface area contributed by atoms with Crippen molar-refractivity contribution in [3.05, 3.63) is 54.1 Å². The summed E-state index contributed by atoms with van der Waals surface area (Å²) in [6.07, 6.45) is 3.17. The molecule has 2 N–H and O–H groups in total. The van der Waals surface area contributed by atoms with E-state index in [4.69, 9.17) is 0 Å². The molecule has 0 aliphatic rings. The van der Waals surface area contributed by atoms with E-state index < -0.39 is 0 Å². The van der Waals surface area contributed by atoms with Crippen molar-refractivity contribution in [3.63, 3.8) is 0 Å². The number of carbonyl (C=O) groups excluding carboxylic acids is 1. The number of amides is 1. The third-order valence-electron chi connectivity index (χ3n) is 2.78. The van der Waals surface area contributed by atoms with Crippen molar-refractivity contribution in [2.24, 2.45) is 0 Å². The highest BCUT2D eigenvalue weighted by Gasteiger charge is 2.07. The Hall–Kier alpha value is -2.69. The quantitative estimate of drug-likeness (QED) is 0.736. The molecule has 0 spiro atoms. The number of fused-ring (bicyclic) bond motifs is 1. The molecule has 94 valence electrons. The molecule has 0 radical (unpaired) electrons. The summed E-state index contributed by atoms with van der Waals surface area (Å²) in [6, 6.07) is 9.02. The molecular formula is C14H12N4O. The molecule has 0 bridgehead atoms. The van der Waals surface area contributed by atoms with Crippen molar-refractivity contribution in [2.75, 3.05) is 5.32 Å². The maximum atomic E-state index is 12.0. The third kappa shape index (κ3) is 2.30. The van der Waals surface area contributed by atoms with Crippen LogP contribution < -0.4 is 5.32 Å². The predicted octanol–water partition coefficient (Wildman–Crippen LogP) is 2.52. The molecule has 0 saturated carbocycles. The smallest absolute Gasteiger partial charge is 0.257 e. The Morgan fingerprint density at radius 3 is 3.00 bits per heavy atom. The SMILES string of the molecule is Cc1nc2ccc(NC(=O)c3cccnc3)cc2[nH]1. The second-order valence-corrected chi connectivity index (χ2v) is 4.25. The van der Waals surface area contributed by atoms with Crippen LogP contribution in [-0.2, 0) is 0 Å². The largest absolute Gasteiger partial charge is 0.342 e. The first kappa shape index (κ1) is 11.4. The van der Waals surface area contributed by atoms with Gasteiger partial charge >= 0.3 is 0 Å². The maximum Gasteiger partial charge on any atom is 0.257 e. The molecule has 0 atom stereocenters. The normalized spacial score (nSPS) is 10.6. The summed E-state index contributed by atoms with van der Waals surface area (Å²) in [6.45, 7) is 1.90. The number of imidazole rings is 1. The Balaban J connectivity index is 1.87. The number of rotatable bonds is 2. The number of benzene rings is 1. The van der Waals surface area contributed by atoms with Gasteiger partial charge < -0.3 is 10.3 Å². The number of aromatic nitrogens is 3. The van der Waals surface area contributed by atoms with Crippen LogP contribution in [0.3, 0.4) is 0 Å². The molecule has 2 aromatic heterocycles. The second-order valence-electron chi connectivity index (χ2n) is 4.25. The summed E-state index contributed by atoms with van der Waals surface area (Å²) in [5.74, 6) is 0.675. The van der Waals surface area contributed by atoms with Crippen molar-refractivity contribution in [1.29, 1.82) is 0 Å². The topological polar surface area (TPSA) is 70.7 Å². The number of nitrogens with one attached hydrogen (secondary N) is 2. The Morgan fingerprint density at radius 1 is 1.32 bits per heavy atom. The van der Waals surface area contributed by atoms with Crippen LogP contribution in [0.25, 0.3) is 11.0 Å². The van der Waals surface area contributed by atoms with Crippen molar-refractivity contribution in [1.82, 2.24) is 15.0 Å². The lowest BCUT2D eigenvalue weighted by Gasteiger charge is -2.04. The van der Waals surface area contributed by atoms with Gasteiger partial charge in [-0.3, -0.25) is 9.78 Å². The number of hydrogen-bond acceptors (Lipinski definition) is 3. The summed E-state index contributed by atoms with van der Waals surface area (Å²) in [7, 11) is 0. The van der Waals surface area contributed by atoms with Gasteiger partial charge in [-0.25, -0.2) is 4.98 Å². The van der Waals surface area contributed by atoms with E-state index in [-0.39, 0.29) is 5.91 Å². The Kier molecular flexibility index (Phi) is 2.72. The van der Waals surface area contributed by atoms with Gasteiger partial charge in [-0.15, -0.1) is 0 Å². The van der Waals surface area contributed by atoms with E-state index in [1.54, 1.807) is 18.3 Å². The van der Waals surface area contributed by atoms with Crippen molar-refractivity contribution in [2.45, 2.75) is 6.92 Å². The van der Waals surface area contributed by atoms with Crippen molar-refractivity contribution < 1.29 is 4.79 Å². The van der Waals surface area contributed by atoms with E-state index in [0.717, 1.165) is 22.5 Å². The first-order chi connectivity index (χ1) is 9.22. The van der Waals surface area contributed by atoms with E-state index in [9.17, 15) is 4.79 Å². The molecule has 5 nitrogen and oxygen atoms in total. The highest BCUT2D eigenvalue weighted by atomic mass is 16.1. The number of carbonyl (C=O) groups is 1. The van der Waals surface area contributed by atoms with Gasteiger partial charge in [-0.1, -0.05) is 0 Å². The molecule has 0 unspecified atom stereocenters. The minimum absolute atomic E-state index is 0.177. The van der Waals surface area contributed by atoms with Crippen LogP contribution >= 0.6 is 0 Å². The molecule has 5 heteroatoms. The van der Waals surface area contributed by atoms with Crippen LogP contribution in [0.2, 0.25) is 0 Å². The first-order valence-corrected chi connectivity index (χ1v) is 5.90. The standard InChI is InChI=1S/C14H12N4O/c1-9-16-12-5-4-11(7-13(12)17-9)18-14(19)10-3-2-6-15-8-10/h2-8H,1H3,(H,16,17)(H,18,19). The number of H-pyrrole nitrogens is 1. The fourth-order valence-corrected chi connectivity index (χ4v) is 1.92. The molecule has 19 heavy (non-hydrogen) atoms. The van der Waals surface area contributed by atoms with Gasteiger partial charge in [0.05, 0.1) is 16.6 Å². The fourth-order valence-electron chi connectivity index (χ4n) is 1.92. The summed E-state index contributed by atoms with van der Waals surface area (Å²) < 4.78 is 0. The monoisotopic (exact) mass is 252 g/mol. The zero-order chi connectivity index (χ0) is 13.2. The summed E-state index contributed by atoms with van der Waals surface area (Å²) in [5, 5.41) is 2.83. The first-order valence-electron chi connectivity index (χ1n) is 5.90. The lowest BCUT2D eigenvalue weighted by molar-refractivity contribution is 0.102. The molecule has 0 aliphatic heterocycles. The third-order valence-corrected chi connectivity index (χ3v) is 2.78. The van der Waals surface area contributed by atoms with Crippen molar-refractivity contribution >= 4 is 22.6 Å². The average Bonchev–Trinajstić information content (AvgIpc) is 2.79. The minimum Gasteiger partial charge on any atom is -0.342 e. The zero-order valence-electron chi connectivity index (χ0n) is 10.3. The zero-order valence-corrected chi connectivity index (χ0v) is 10.3. The van der Waals surface area contributed by atoms with Crippen LogP contribution in [-0.4, -0.2) is 20.9 Å². The highest BCUT2D eigenvalue weighted by molar-refractivity contribution is 6.04. The number of pyridine rings is 1. The summed E-state index contributed by atoms with van der Waals surface area (Å²) in [4.78, 5) is 23.4.